The van der Waals surface area contributed by atoms with Gasteiger partial charge < -0.3 is 9.47 Å². The van der Waals surface area contributed by atoms with E-state index in [0.29, 0.717) is 12.8 Å². The molecule has 0 aromatic carbocycles. The molecule has 1 rings (SSSR count). The van der Waals surface area contributed by atoms with Gasteiger partial charge in [-0.1, -0.05) is 0 Å². The average molecular weight is 292 g/mol. The van der Waals surface area contributed by atoms with E-state index in [1.165, 1.54) is 7.11 Å². The lowest BCUT2D eigenvalue weighted by Gasteiger charge is -2.13. The molecule has 7 heteroatoms. The van der Waals surface area contributed by atoms with Gasteiger partial charge in [0.15, 0.2) is 9.84 Å². The molecule has 0 amide bonds. The van der Waals surface area contributed by atoms with Crippen LogP contribution >= 0.6 is 0 Å². The van der Waals surface area contributed by atoms with E-state index in [1.807, 2.05) is 0 Å². The second-order valence-electron chi connectivity index (χ2n) is 4.90. The minimum absolute atomic E-state index is 0.0610. The predicted molar refractivity (Wildman–Crippen MR) is 68.2 cm³/mol. The molecule has 110 valence electrons. The summed E-state index contributed by atoms with van der Waals surface area (Å²) >= 11 is 0. The highest BCUT2D eigenvalue weighted by atomic mass is 32.2. The zero-order valence-corrected chi connectivity index (χ0v) is 12.1. The summed E-state index contributed by atoms with van der Waals surface area (Å²) in [6.07, 6.45) is 1.41. The third kappa shape index (κ3) is 5.59. The highest BCUT2D eigenvalue weighted by Crippen LogP contribution is 2.50. The Morgan fingerprint density at radius 1 is 1.21 bits per heavy atom. The van der Waals surface area contributed by atoms with E-state index in [1.54, 1.807) is 6.92 Å². The molecule has 0 bridgehead atoms. The summed E-state index contributed by atoms with van der Waals surface area (Å²) in [7, 11) is -2.07. The molecule has 0 aromatic heterocycles. The van der Waals surface area contributed by atoms with Gasteiger partial charge in [0.05, 0.1) is 38.1 Å². The number of carbonyl (C=O) groups is 2. The predicted octanol–water partition coefficient (Wildman–Crippen LogP) is 0.698. The first kappa shape index (κ1) is 15.9. The maximum Gasteiger partial charge on any atom is 0.306 e. The first-order chi connectivity index (χ1) is 8.82. The average Bonchev–Trinajstić information content (AvgIpc) is 3.05. The zero-order chi connectivity index (χ0) is 14.5. The van der Waals surface area contributed by atoms with Crippen LogP contribution < -0.4 is 0 Å². The molecule has 1 fully saturated rings. The fourth-order valence-corrected chi connectivity index (χ4v) is 3.88. The van der Waals surface area contributed by atoms with Crippen molar-refractivity contribution >= 4 is 21.8 Å². The molecular formula is C12H20O6S. The van der Waals surface area contributed by atoms with Crippen LogP contribution in [0.3, 0.4) is 0 Å². The van der Waals surface area contributed by atoms with E-state index >= 15 is 0 Å². The van der Waals surface area contributed by atoms with Crippen molar-refractivity contribution in [3.05, 3.63) is 0 Å². The number of rotatable bonds is 8. The van der Waals surface area contributed by atoms with Crippen LogP contribution in [0.5, 0.6) is 0 Å². The summed E-state index contributed by atoms with van der Waals surface area (Å²) in [6.45, 7) is 1.91. The maximum absolute atomic E-state index is 11.9. The summed E-state index contributed by atoms with van der Waals surface area (Å²) < 4.78 is 33.1. The number of carbonyl (C=O) groups excluding carboxylic acids is 2. The summed E-state index contributed by atoms with van der Waals surface area (Å²) in [5, 5.41) is 0. The molecular weight excluding hydrogens is 272 g/mol. The van der Waals surface area contributed by atoms with E-state index < -0.39 is 27.2 Å². The summed E-state index contributed by atoms with van der Waals surface area (Å²) in [5.41, 5.74) is -0.472. The Morgan fingerprint density at radius 3 is 2.32 bits per heavy atom. The van der Waals surface area contributed by atoms with E-state index in [0.717, 1.165) is 0 Å². The van der Waals surface area contributed by atoms with E-state index in [9.17, 15) is 18.0 Å². The van der Waals surface area contributed by atoms with Gasteiger partial charge in [-0.05, 0) is 25.2 Å². The number of sulfone groups is 1. The van der Waals surface area contributed by atoms with Crippen LogP contribution in [0.15, 0.2) is 0 Å². The number of ether oxygens (including phenoxy) is 2. The van der Waals surface area contributed by atoms with Crippen molar-refractivity contribution < 1.29 is 27.5 Å². The van der Waals surface area contributed by atoms with E-state index in [2.05, 4.69) is 9.47 Å². The Labute approximate surface area is 113 Å². The fraction of sp³-hybridized carbons (Fsp3) is 0.833. The second kappa shape index (κ2) is 6.36. The number of methoxy groups -OCH3 is 1. The molecule has 1 aliphatic rings. The van der Waals surface area contributed by atoms with Crippen molar-refractivity contribution in [3.8, 4) is 0 Å². The quantitative estimate of drug-likeness (QED) is 0.612. The second-order valence-corrected chi connectivity index (χ2v) is 7.08. The molecule has 19 heavy (non-hydrogen) atoms. The van der Waals surface area contributed by atoms with Crippen molar-refractivity contribution in [2.45, 2.75) is 32.6 Å². The number of esters is 2. The number of hydrogen-bond acceptors (Lipinski definition) is 6. The minimum atomic E-state index is -3.35. The van der Waals surface area contributed by atoms with Crippen LogP contribution in [-0.2, 0) is 28.9 Å². The Kier molecular flexibility index (Phi) is 5.34. The van der Waals surface area contributed by atoms with Crippen LogP contribution in [-0.4, -0.2) is 45.6 Å². The van der Waals surface area contributed by atoms with Crippen LogP contribution in [0.2, 0.25) is 0 Å². The Balaban J connectivity index is 2.46. The van der Waals surface area contributed by atoms with E-state index in [-0.39, 0.29) is 31.0 Å². The molecule has 0 atom stereocenters. The van der Waals surface area contributed by atoms with Gasteiger partial charge in [0, 0.05) is 0 Å². The van der Waals surface area contributed by atoms with Gasteiger partial charge in [-0.3, -0.25) is 9.59 Å². The highest BCUT2D eigenvalue weighted by Gasteiger charge is 2.47. The number of hydrogen-bond donors (Lipinski definition) is 0. The molecule has 0 aromatic rings. The molecule has 0 heterocycles. The van der Waals surface area contributed by atoms with Crippen molar-refractivity contribution in [2.24, 2.45) is 5.41 Å². The summed E-state index contributed by atoms with van der Waals surface area (Å²) in [5.74, 6) is -1.19. The largest absolute Gasteiger partial charge is 0.469 e. The van der Waals surface area contributed by atoms with Crippen molar-refractivity contribution in [1.82, 2.24) is 0 Å². The fourth-order valence-electron chi connectivity index (χ4n) is 1.94. The van der Waals surface area contributed by atoms with Crippen LogP contribution in [0.25, 0.3) is 0 Å². The monoisotopic (exact) mass is 292 g/mol. The summed E-state index contributed by atoms with van der Waals surface area (Å²) in [6, 6.07) is 0. The van der Waals surface area contributed by atoms with Gasteiger partial charge in [0.2, 0.25) is 0 Å². The summed E-state index contributed by atoms with van der Waals surface area (Å²) in [4.78, 5) is 22.3. The Bertz CT molecular complexity index is 435. The third-order valence-electron chi connectivity index (χ3n) is 3.15. The minimum Gasteiger partial charge on any atom is -0.469 e. The highest BCUT2D eigenvalue weighted by molar-refractivity contribution is 7.91. The third-order valence-corrected chi connectivity index (χ3v) is 5.03. The molecule has 0 aliphatic heterocycles. The van der Waals surface area contributed by atoms with Crippen molar-refractivity contribution in [3.63, 3.8) is 0 Å². The molecule has 0 N–H and O–H groups in total. The van der Waals surface area contributed by atoms with Crippen LogP contribution in [0.4, 0.5) is 0 Å². The molecule has 0 unspecified atom stereocenters. The van der Waals surface area contributed by atoms with Gasteiger partial charge in [-0.25, -0.2) is 8.42 Å². The van der Waals surface area contributed by atoms with Crippen LogP contribution in [0.1, 0.15) is 32.6 Å². The van der Waals surface area contributed by atoms with Crippen molar-refractivity contribution in [1.29, 1.82) is 0 Å². The van der Waals surface area contributed by atoms with E-state index in [4.69, 9.17) is 0 Å². The Hall–Kier alpha value is -1.11. The lowest BCUT2D eigenvalue weighted by Crippen LogP contribution is -2.24. The molecule has 1 saturated carbocycles. The molecule has 0 saturated heterocycles. The maximum atomic E-state index is 11.9. The molecule has 6 nitrogen and oxygen atoms in total. The molecule has 1 aliphatic carbocycles. The smallest absolute Gasteiger partial charge is 0.306 e. The first-order valence-electron chi connectivity index (χ1n) is 6.25. The van der Waals surface area contributed by atoms with Gasteiger partial charge in [0.1, 0.15) is 0 Å². The SMILES string of the molecule is CCOC(=O)CCS(=O)(=O)CC1(CC(=O)OC)CC1. The van der Waals surface area contributed by atoms with Crippen molar-refractivity contribution in [2.75, 3.05) is 25.2 Å². The lowest BCUT2D eigenvalue weighted by atomic mass is 10.1. The Morgan fingerprint density at radius 2 is 1.84 bits per heavy atom. The van der Waals surface area contributed by atoms with Gasteiger partial charge >= 0.3 is 11.9 Å². The zero-order valence-electron chi connectivity index (χ0n) is 11.3. The standard InChI is InChI=1S/C12H20O6S/c1-3-18-10(13)4-7-19(15,16)9-12(5-6-12)8-11(14)17-2/h3-9H2,1-2H3. The van der Waals surface area contributed by atoms with Crippen LogP contribution in [0, 0.1) is 5.41 Å². The first-order valence-corrected chi connectivity index (χ1v) is 8.07. The van der Waals surface area contributed by atoms with Gasteiger partial charge in [0.25, 0.3) is 0 Å². The van der Waals surface area contributed by atoms with Gasteiger partial charge in [-0.15, -0.1) is 0 Å². The lowest BCUT2D eigenvalue weighted by molar-refractivity contribution is -0.143. The normalized spacial score (nSPS) is 16.7. The van der Waals surface area contributed by atoms with Gasteiger partial charge in [-0.2, -0.15) is 0 Å². The molecule has 0 radical (unpaired) electrons. The topological polar surface area (TPSA) is 86.7 Å². The molecule has 0 spiro atoms.